The number of rotatable bonds is 3. The second kappa shape index (κ2) is 5.55. The number of furan rings is 1. The lowest BCUT2D eigenvalue weighted by Gasteiger charge is -2.26. The van der Waals surface area contributed by atoms with E-state index in [0.717, 1.165) is 17.4 Å². The van der Waals surface area contributed by atoms with Crippen molar-refractivity contribution in [3.8, 4) is 0 Å². The molecule has 0 atom stereocenters. The molecular formula is C12H19N3O4S. The molecule has 1 aromatic heterocycles. The minimum absolute atomic E-state index is 0.0426. The Balaban J connectivity index is 2.29. The van der Waals surface area contributed by atoms with E-state index in [1.807, 2.05) is 0 Å². The summed E-state index contributed by atoms with van der Waals surface area (Å²) in [7, 11) is -0.706. The van der Waals surface area contributed by atoms with Gasteiger partial charge in [-0.3, -0.25) is 4.79 Å². The van der Waals surface area contributed by atoms with Crippen molar-refractivity contribution in [2.24, 2.45) is 0 Å². The number of carbonyl (C=O) groups is 1. The lowest BCUT2D eigenvalue weighted by Crippen LogP contribution is -2.46. The molecule has 0 aliphatic carbocycles. The first kappa shape index (κ1) is 15.0. The van der Waals surface area contributed by atoms with Gasteiger partial charge in [-0.1, -0.05) is 0 Å². The molecule has 2 heterocycles. The summed E-state index contributed by atoms with van der Waals surface area (Å²) < 4.78 is 30.6. The molecule has 0 unspecified atom stereocenters. The molecule has 0 saturated carbocycles. The van der Waals surface area contributed by atoms with Gasteiger partial charge in [0.2, 0.25) is 10.0 Å². The van der Waals surface area contributed by atoms with Crippen LogP contribution in [0.5, 0.6) is 0 Å². The van der Waals surface area contributed by atoms with Crippen LogP contribution in [0, 0.1) is 6.92 Å². The van der Waals surface area contributed by atoms with Crippen LogP contribution < -0.4 is 5.32 Å². The number of nitrogens with one attached hydrogen (secondary N) is 1. The van der Waals surface area contributed by atoms with Gasteiger partial charge in [-0.2, -0.15) is 0 Å². The molecule has 0 aromatic carbocycles. The number of sulfonamides is 1. The zero-order chi connectivity index (χ0) is 14.9. The predicted molar refractivity (Wildman–Crippen MR) is 73.1 cm³/mol. The minimum Gasteiger partial charge on any atom is -0.455 e. The van der Waals surface area contributed by atoms with E-state index in [1.165, 1.54) is 20.2 Å². The van der Waals surface area contributed by atoms with E-state index in [0.29, 0.717) is 13.1 Å². The third kappa shape index (κ3) is 2.72. The molecule has 0 bridgehead atoms. The summed E-state index contributed by atoms with van der Waals surface area (Å²) in [6.07, 6.45) is 0. The Labute approximate surface area is 118 Å². The fourth-order valence-corrected chi connectivity index (χ4v) is 3.10. The van der Waals surface area contributed by atoms with Crippen LogP contribution in [0.3, 0.4) is 0 Å². The predicted octanol–water partition coefficient (Wildman–Crippen LogP) is -0.116. The third-order valence-corrected chi connectivity index (χ3v) is 5.17. The van der Waals surface area contributed by atoms with Crippen molar-refractivity contribution in [2.75, 3.05) is 40.3 Å². The second-order valence-corrected chi connectivity index (χ2v) is 6.98. The van der Waals surface area contributed by atoms with Crippen LogP contribution in [0.15, 0.2) is 15.4 Å². The van der Waals surface area contributed by atoms with Crippen LogP contribution in [0.1, 0.15) is 16.3 Å². The number of carbonyl (C=O) groups excluding carboxylic acids is 1. The van der Waals surface area contributed by atoms with E-state index in [2.05, 4.69) is 5.32 Å². The van der Waals surface area contributed by atoms with Gasteiger partial charge in [0.25, 0.3) is 5.91 Å². The largest absolute Gasteiger partial charge is 0.455 e. The Bertz CT molecular complexity index is 600. The maximum absolute atomic E-state index is 12.3. The molecule has 1 aliphatic heterocycles. The normalized spacial score (nSPS) is 16.7. The smallest absolute Gasteiger partial charge is 0.289 e. The van der Waals surface area contributed by atoms with E-state index >= 15 is 0 Å². The van der Waals surface area contributed by atoms with Gasteiger partial charge in [0.1, 0.15) is 10.7 Å². The zero-order valence-electron chi connectivity index (χ0n) is 11.8. The highest BCUT2D eigenvalue weighted by atomic mass is 32.2. The molecule has 1 amide bonds. The first-order valence-corrected chi connectivity index (χ1v) is 7.81. The van der Waals surface area contributed by atoms with E-state index < -0.39 is 10.0 Å². The van der Waals surface area contributed by atoms with Gasteiger partial charge in [-0.15, -0.1) is 0 Å². The third-order valence-electron chi connectivity index (χ3n) is 3.25. The van der Waals surface area contributed by atoms with Crippen molar-refractivity contribution < 1.29 is 17.6 Å². The number of nitrogens with zero attached hydrogens (tertiary/aromatic N) is 2. The molecule has 0 radical (unpaired) electrons. The topological polar surface area (TPSA) is 82.9 Å². The molecule has 1 fully saturated rings. The molecule has 1 aliphatic rings. The number of hydrogen-bond donors (Lipinski definition) is 1. The van der Waals surface area contributed by atoms with Gasteiger partial charge in [0.05, 0.1) is 0 Å². The van der Waals surface area contributed by atoms with Gasteiger partial charge < -0.3 is 14.6 Å². The quantitative estimate of drug-likeness (QED) is 0.842. The van der Waals surface area contributed by atoms with Crippen LogP contribution in [-0.2, 0) is 10.0 Å². The number of hydrogen-bond acceptors (Lipinski definition) is 5. The van der Waals surface area contributed by atoms with Crippen molar-refractivity contribution in [1.82, 2.24) is 14.5 Å². The van der Waals surface area contributed by atoms with Crippen molar-refractivity contribution in [3.05, 3.63) is 17.6 Å². The summed E-state index contributed by atoms with van der Waals surface area (Å²) in [6.45, 7) is 4.19. The molecule has 1 saturated heterocycles. The summed E-state index contributed by atoms with van der Waals surface area (Å²) in [5.41, 5.74) is 0. The van der Waals surface area contributed by atoms with Gasteiger partial charge >= 0.3 is 0 Å². The van der Waals surface area contributed by atoms with E-state index in [-0.39, 0.29) is 22.3 Å². The molecule has 0 spiro atoms. The van der Waals surface area contributed by atoms with Crippen LogP contribution in [0.25, 0.3) is 0 Å². The first-order valence-electron chi connectivity index (χ1n) is 6.37. The van der Waals surface area contributed by atoms with Crippen LogP contribution >= 0.6 is 0 Å². The van der Waals surface area contributed by atoms with E-state index in [1.54, 1.807) is 11.8 Å². The molecule has 8 heteroatoms. The second-order valence-electron chi connectivity index (χ2n) is 4.86. The van der Waals surface area contributed by atoms with Gasteiger partial charge in [-0.05, 0) is 6.92 Å². The summed E-state index contributed by atoms with van der Waals surface area (Å²) in [4.78, 5) is 14.0. The molecule has 1 aromatic rings. The van der Waals surface area contributed by atoms with E-state index in [4.69, 9.17) is 4.42 Å². The Morgan fingerprint density at radius 2 is 1.95 bits per heavy atom. The number of piperazine rings is 1. The highest BCUT2D eigenvalue weighted by Crippen LogP contribution is 2.23. The van der Waals surface area contributed by atoms with Crippen molar-refractivity contribution >= 4 is 15.9 Å². The highest BCUT2D eigenvalue weighted by Gasteiger charge is 2.28. The van der Waals surface area contributed by atoms with Crippen LogP contribution in [0.2, 0.25) is 0 Å². The Hall–Kier alpha value is -1.38. The van der Waals surface area contributed by atoms with Crippen molar-refractivity contribution in [1.29, 1.82) is 0 Å². The summed E-state index contributed by atoms with van der Waals surface area (Å²) in [5, 5.41) is 3.15. The zero-order valence-corrected chi connectivity index (χ0v) is 12.7. The van der Waals surface area contributed by atoms with E-state index in [9.17, 15) is 13.2 Å². The highest BCUT2D eigenvalue weighted by molar-refractivity contribution is 7.89. The fourth-order valence-electron chi connectivity index (χ4n) is 2.05. The average Bonchev–Trinajstić information content (AvgIpc) is 2.81. The van der Waals surface area contributed by atoms with Gasteiger partial charge in [-0.25, -0.2) is 12.7 Å². The average molecular weight is 301 g/mol. The Morgan fingerprint density at radius 1 is 1.35 bits per heavy atom. The molecule has 1 N–H and O–H groups in total. The first-order chi connectivity index (χ1) is 9.34. The fraction of sp³-hybridized carbons (Fsp3) is 0.583. The molecule has 2 rings (SSSR count). The van der Waals surface area contributed by atoms with Crippen molar-refractivity contribution in [2.45, 2.75) is 11.8 Å². The van der Waals surface area contributed by atoms with Crippen molar-refractivity contribution in [3.63, 3.8) is 0 Å². The maximum atomic E-state index is 12.3. The van der Waals surface area contributed by atoms with Gasteiger partial charge in [0, 0.05) is 46.3 Å². The maximum Gasteiger partial charge on any atom is 0.289 e. The van der Waals surface area contributed by atoms with Crippen LogP contribution in [-0.4, -0.2) is 63.8 Å². The summed E-state index contributed by atoms with van der Waals surface area (Å²) >= 11 is 0. The van der Waals surface area contributed by atoms with Gasteiger partial charge in [0.15, 0.2) is 5.76 Å². The number of aryl methyl sites for hydroxylation is 1. The molecule has 20 heavy (non-hydrogen) atoms. The Kier molecular flexibility index (Phi) is 4.17. The lowest BCUT2D eigenvalue weighted by atomic mass is 10.3. The minimum atomic E-state index is -3.59. The molecule has 7 nitrogen and oxygen atoms in total. The SMILES string of the molecule is Cc1oc(C(=O)N2CCNCC2)cc1S(=O)(=O)N(C)C. The lowest BCUT2D eigenvalue weighted by molar-refractivity contribution is 0.0702. The summed E-state index contributed by atoms with van der Waals surface area (Å²) in [6, 6.07) is 1.31. The standard InChI is InChI=1S/C12H19N3O4S/c1-9-11(20(17,18)14(2)3)8-10(19-9)12(16)15-6-4-13-5-7-15/h8,13H,4-7H2,1-3H3. The molecular weight excluding hydrogens is 282 g/mol. The Morgan fingerprint density at radius 3 is 2.50 bits per heavy atom. The number of amides is 1. The van der Waals surface area contributed by atoms with Crippen LogP contribution in [0.4, 0.5) is 0 Å². The summed E-state index contributed by atoms with van der Waals surface area (Å²) in [5.74, 6) is 0.0387. The monoisotopic (exact) mass is 301 g/mol. The molecule has 112 valence electrons.